The van der Waals surface area contributed by atoms with Crippen LogP contribution in [0.1, 0.15) is 50.5 Å². The van der Waals surface area contributed by atoms with Gasteiger partial charge in [-0.3, -0.25) is 10.2 Å². The van der Waals surface area contributed by atoms with Gasteiger partial charge >= 0.3 is 0 Å². The number of rotatable bonds is 7. The molecule has 1 atom stereocenters. The molecule has 0 aliphatic carbocycles. The number of amidine groups is 1. The number of amides is 1. The molecule has 1 saturated heterocycles. The van der Waals surface area contributed by atoms with Gasteiger partial charge in [0, 0.05) is 24.3 Å². The maximum atomic E-state index is 13.3. The predicted molar refractivity (Wildman–Crippen MR) is 146 cm³/mol. The van der Waals surface area contributed by atoms with Crippen molar-refractivity contribution in [1.29, 1.82) is 5.41 Å². The van der Waals surface area contributed by atoms with E-state index in [-0.39, 0.29) is 11.8 Å². The van der Waals surface area contributed by atoms with Crippen LogP contribution in [0.5, 0.6) is 0 Å². The van der Waals surface area contributed by atoms with E-state index < -0.39 is 0 Å². The monoisotopic (exact) mass is 505 g/mol. The van der Waals surface area contributed by atoms with E-state index in [1.165, 1.54) is 11.3 Å². The number of piperidine rings is 1. The van der Waals surface area contributed by atoms with Gasteiger partial charge in [-0.1, -0.05) is 31.0 Å². The normalized spacial score (nSPS) is 14.9. The molecule has 1 fully saturated rings. The summed E-state index contributed by atoms with van der Waals surface area (Å²) in [6.45, 7) is 2.97. The minimum Gasteiger partial charge on any atom is -0.337 e. The third kappa shape index (κ3) is 5.11. The van der Waals surface area contributed by atoms with Gasteiger partial charge in [-0.25, -0.2) is 4.98 Å². The number of H-pyrrole nitrogens is 1. The van der Waals surface area contributed by atoms with Crippen LogP contribution in [0.25, 0.3) is 21.7 Å². The summed E-state index contributed by atoms with van der Waals surface area (Å²) in [4.78, 5) is 24.4. The van der Waals surface area contributed by atoms with Crippen LogP contribution in [-0.2, 0) is 4.79 Å². The van der Waals surface area contributed by atoms with Crippen molar-refractivity contribution in [3.8, 4) is 10.7 Å². The van der Waals surface area contributed by atoms with Crippen molar-refractivity contribution in [2.24, 2.45) is 0 Å². The van der Waals surface area contributed by atoms with Crippen molar-refractivity contribution in [3.05, 3.63) is 64.5 Å². The van der Waals surface area contributed by atoms with Crippen LogP contribution in [0.3, 0.4) is 0 Å². The van der Waals surface area contributed by atoms with Gasteiger partial charge < -0.3 is 15.2 Å². The minimum atomic E-state index is -0.262. The molecule has 3 N–H and O–H groups in total. The zero-order chi connectivity index (χ0) is 24.4. The highest BCUT2D eigenvalue weighted by atomic mass is 35.5. The molecule has 2 aromatic heterocycles. The highest BCUT2D eigenvalue weighted by Gasteiger charge is 2.22. The van der Waals surface area contributed by atoms with Crippen molar-refractivity contribution in [1.82, 2.24) is 9.97 Å². The topological polar surface area (TPSA) is 84.9 Å². The number of fused-ring (bicyclic) bond motifs is 1. The Balaban J connectivity index is 1.34. The van der Waals surface area contributed by atoms with E-state index in [4.69, 9.17) is 17.0 Å². The smallest absolute Gasteiger partial charge is 0.231 e. The fraction of sp³-hybridized carbons (Fsp3) is 0.296. The number of carbonyl (C=O) groups is 1. The number of aromatic amines is 1. The Morgan fingerprint density at radius 1 is 1.20 bits per heavy atom. The minimum absolute atomic E-state index is 0.0190. The van der Waals surface area contributed by atoms with E-state index in [2.05, 4.69) is 22.2 Å². The zero-order valence-corrected chi connectivity index (χ0v) is 21.2. The van der Waals surface area contributed by atoms with Crippen LogP contribution < -0.4 is 10.2 Å². The number of halogens is 1. The van der Waals surface area contributed by atoms with Crippen molar-refractivity contribution >= 4 is 57.1 Å². The SMILES string of the molecule is CCCC(C(=O)Nc1ccc(N2CCCCC2=N)cc1)c1ccc2nc(-c3ccc(Cl)s3)[nH]c2c1. The molecule has 35 heavy (non-hydrogen) atoms. The zero-order valence-electron chi connectivity index (χ0n) is 19.6. The highest BCUT2D eigenvalue weighted by Crippen LogP contribution is 2.32. The molecule has 4 aromatic rings. The summed E-state index contributed by atoms with van der Waals surface area (Å²) in [5.41, 5.74) is 4.51. The molecule has 3 heterocycles. The summed E-state index contributed by atoms with van der Waals surface area (Å²) in [7, 11) is 0. The molecule has 1 aliphatic rings. The van der Waals surface area contributed by atoms with E-state index >= 15 is 0 Å². The maximum Gasteiger partial charge on any atom is 0.231 e. The van der Waals surface area contributed by atoms with Crippen LogP contribution in [0.15, 0.2) is 54.6 Å². The second-order valence-corrected chi connectivity index (χ2v) is 10.6. The van der Waals surface area contributed by atoms with Gasteiger partial charge in [0.25, 0.3) is 0 Å². The van der Waals surface area contributed by atoms with E-state index in [0.29, 0.717) is 5.84 Å². The van der Waals surface area contributed by atoms with Gasteiger partial charge in [0.05, 0.1) is 26.2 Å². The standard InChI is InChI=1S/C27H28ClN5OS/c1-2-5-20(17-7-12-21-22(16-17)32-26(31-21)23-13-14-24(28)35-23)27(34)30-18-8-10-19(11-9-18)33-15-4-3-6-25(33)29/h7-14,16,20,29H,2-6,15H2,1H3,(H,30,34)(H,31,32). The lowest BCUT2D eigenvalue weighted by molar-refractivity contribution is -0.117. The molecule has 0 spiro atoms. The number of nitrogens with zero attached hydrogens (tertiary/aromatic N) is 2. The van der Waals surface area contributed by atoms with Crippen LogP contribution in [0, 0.1) is 5.41 Å². The van der Waals surface area contributed by atoms with E-state index in [1.54, 1.807) is 0 Å². The lowest BCUT2D eigenvalue weighted by atomic mass is 9.93. The largest absolute Gasteiger partial charge is 0.337 e. The lowest BCUT2D eigenvalue weighted by Crippen LogP contribution is -2.34. The number of carbonyl (C=O) groups excluding carboxylic acids is 1. The number of imidazole rings is 1. The van der Waals surface area contributed by atoms with Crippen molar-refractivity contribution in [3.63, 3.8) is 0 Å². The van der Waals surface area contributed by atoms with E-state index in [9.17, 15) is 4.79 Å². The Morgan fingerprint density at radius 2 is 2.03 bits per heavy atom. The number of benzene rings is 2. The van der Waals surface area contributed by atoms with Gasteiger partial charge in [-0.2, -0.15) is 0 Å². The third-order valence-corrected chi connectivity index (χ3v) is 7.66. The molecule has 1 aliphatic heterocycles. The number of nitrogens with one attached hydrogen (secondary N) is 3. The first-order valence-corrected chi connectivity index (χ1v) is 13.2. The maximum absolute atomic E-state index is 13.3. The van der Waals surface area contributed by atoms with E-state index in [1.807, 2.05) is 59.5 Å². The Morgan fingerprint density at radius 3 is 2.74 bits per heavy atom. The number of hydrogen-bond donors (Lipinski definition) is 3. The van der Waals surface area contributed by atoms with Crippen LogP contribution in [0.4, 0.5) is 11.4 Å². The Labute approximate surface area is 213 Å². The molecule has 1 unspecified atom stereocenters. The fourth-order valence-corrected chi connectivity index (χ4v) is 5.60. The summed E-state index contributed by atoms with van der Waals surface area (Å²) in [5.74, 6) is 1.17. The van der Waals surface area contributed by atoms with Crippen molar-refractivity contribution in [2.45, 2.75) is 44.9 Å². The molecule has 5 rings (SSSR count). The average molecular weight is 506 g/mol. The number of thiophene rings is 1. The Bertz CT molecular complexity index is 1360. The van der Waals surface area contributed by atoms with Gasteiger partial charge in [-0.15, -0.1) is 11.3 Å². The van der Waals surface area contributed by atoms with Gasteiger partial charge in [0.2, 0.25) is 5.91 Å². The summed E-state index contributed by atoms with van der Waals surface area (Å²) in [6.07, 6.45) is 4.65. The Kier molecular flexibility index (Phi) is 6.88. The third-order valence-electron chi connectivity index (χ3n) is 6.43. The summed E-state index contributed by atoms with van der Waals surface area (Å²) in [5, 5.41) is 11.3. The first kappa shape index (κ1) is 23.6. The molecule has 6 nitrogen and oxygen atoms in total. The molecule has 0 radical (unpaired) electrons. The predicted octanol–water partition coefficient (Wildman–Crippen LogP) is 7.43. The highest BCUT2D eigenvalue weighted by molar-refractivity contribution is 7.19. The second kappa shape index (κ2) is 10.2. The average Bonchev–Trinajstić information content (AvgIpc) is 3.49. The summed E-state index contributed by atoms with van der Waals surface area (Å²) >= 11 is 7.57. The van der Waals surface area contributed by atoms with Crippen molar-refractivity contribution < 1.29 is 4.79 Å². The molecule has 8 heteroatoms. The molecule has 1 amide bonds. The second-order valence-electron chi connectivity index (χ2n) is 8.90. The summed E-state index contributed by atoms with van der Waals surface area (Å²) < 4.78 is 0.725. The molecule has 180 valence electrons. The quantitative estimate of drug-likeness (QED) is 0.244. The first-order chi connectivity index (χ1) is 17.0. The molecule has 0 bridgehead atoms. The molecular weight excluding hydrogens is 478 g/mol. The molecular formula is C27H28ClN5OS. The lowest BCUT2D eigenvalue weighted by Gasteiger charge is -2.29. The van der Waals surface area contributed by atoms with Gasteiger partial charge in [0.15, 0.2) is 0 Å². The van der Waals surface area contributed by atoms with Crippen LogP contribution in [0.2, 0.25) is 4.34 Å². The number of anilines is 2. The van der Waals surface area contributed by atoms with Gasteiger partial charge in [-0.05, 0) is 73.4 Å². The van der Waals surface area contributed by atoms with Crippen LogP contribution >= 0.6 is 22.9 Å². The van der Waals surface area contributed by atoms with Gasteiger partial charge in [0.1, 0.15) is 11.7 Å². The summed E-state index contributed by atoms with van der Waals surface area (Å²) in [6, 6.07) is 17.6. The first-order valence-electron chi connectivity index (χ1n) is 12.0. The molecule has 0 saturated carbocycles. The number of aromatic nitrogens is 2. The van der Waals surface area contributed by atoms with Crippen molar-refractivity contribution in [2.75, 3.05) is 16.8 Å². The fourth-order valence-electron chi connectivity index (χ4n) is 4.61. The van der Waals surface area contributed by atoms with E-state index in [0.717, 1.165) is 81.7 Å². The van der Waals surface area contributed by atoms with Crippen LogP contribution in [-0.4, -0.2) is 28.3 Å². The number of hydrogen-bond acceptors (Lipinski definition) is 4. The Hall–Kier alpha value is -3.16. The molecule has 2 aromatic carbocycles.